The van der Waals surface area contributed by atoms with Gasteiger partial charge in [0.15, 0.2) is 0 Å². The van der Waals surface area contributed by atoms with Gasteiger partial charge >= 0.3 is 0 Å². The monoisotopic (exact) mass is 353 g/mol. The number of aromatic hydroxyl groups is 1. The van der Waals surface area contributed by atoms with Crippen LogP contribution in [-0.4, -0.2) is 5.11 Å². The van der Waals surface area contributed by atoms with Gasteiger partial charge in [-0.25, -0.2) is 16.5 Å². The molecule has 112 valence electrons. The Kier molecular flexibility index (Phi) is 14.1. The molecule has 0 radical (unpaired) electrons. The van der Waals surface area contributed by atoms with Crippen molar-refractivity contribution in [2.75, 3.05) is 0 Å². The topological polar surface area (TPSA) is 20.2 Å². The van der Waals surface area contributed by atoms with Gasteiger partial charge in [-0.05, 0) is 23.1 Å². The summed E-state index contributed by atoms with van der Waals surface area (Å²) in [5.74, 6) is -0.403. The van der Waals surface area contributed by atoms with Gasteiger partial charge in [-0.1, -0.05) is 20.8 Å². The van der Waals surface area contributed by atoms with Crippen LogP contribution in [0.1, 0.15) is 32.8 Å². The number of hydrogen-bond acceptors (Lipinski definition) is 1. The number of hydrogen-bond donors (Lipinski definition) is 1. The third kappa shape index (κ3) is 9.60. The quantitative estimate of drug-likeness (QED) is 0.515. The van der Waals surface area contributed by atoms with Gasteiger partial charge < -0.3 is 5.11 Å². The minimum absolute atomic E-state index is 0. The molecule has 1 nitrogen and oxygen atoms in total. The fourth-order valence-corrected chi connectivity index (χ4v) is 1.35. The van der Waals surface area contributed by atoms with Crippen LogP contribution in [0.2, 0.25) is 0 Å². The average Bonchev–Trinajstić information content (AvgIpc) is 2.72. The van der Waals surface area contributed by atoms with Gasteiger partial charge in [-0.3, -0.25) is 6.08 Å². The Labute approximate surface area is 148 Å². The van der Waals surface area contributed by atoms with Gasteiger partial charge in [-0.2, -0.15) is 6.08 Å². The first-order chi connectivity index (χ1) is 7.89. The van der Waals surface area contributed by atoms with E-state index in [0.29, 0.717) is 0 Å². The summed E-state index contributed by atoms with van der Waals surface area (Å²) in [5, 5.41) is 9.12. The fraction of sp³-hybridized carbons (Fsp3) is 0.333. The van der Waals surface area contributed by atoms with E-state index in [0.717, 1.165) is 18.1 Å². The minimum Gasteiger partial charge on any atom is -0.508 e. The van der Waals surface area contributed by atoms with Gasteiger partial charge in [0.2, 0.25) is 0 Å². The van der Waals surface area contributed by atoms with Crippen molar-refractivity contribution in [3.05, 3.63) is 53.9 Å². The second kappa shape index (κ2) is 11.4. The smallest absolute Gasteiger partial charge is 0.127 e. The Morgan fingerprint density at radius 2 is 1.75 bits per heavy atom. The number of halogens is 3. The van der Waals surface area contributed by atoms with Crippen molar-refractivity contribution in [1.29, 1.82) is 0 Å². The van der Waals surface area contributed by atoms with E-state index in [1.54, 1.807) is 6.07 Å². The molecule has 0 aliphatic heterocycles. The summed E-state index contributed by atoms with van der Waals surface area (Å²) < 4.78 is 12.8. The normalized spacial score (nSPS) is 11.4. The molecule has 0 atom stereocenters. The van der Waals surface area contributed by atoms with E-state index in [2.05, 4.69) is 12.2 Å². The van der Waals surface area contributed by atoms with E-state index >= 15 is 0 Å². The molecule has 0 saturated heterocycles. The van der Waals surface area contributed by atoms with Crippen LogP contribution < -0.4 is 0 Å². The van der Waals surface area contributed by atoms with Crippen molar-refractivity contribution in [3.8, 4) is 5.75 Å². The summed E-state index contributed by atoms with van der Waals surface area (Å²) in [6.45, 7) is 5.92. The molecule has 0 saturated carbocycles. The molecule has 0 aromatic heterocycles. The summed E-state index contributed by atoms with van der Waals surface area (Å²) in [5.41, 5.74) is 0.680. The maximum Gasteiger partial charge on any atom is 0.127 e. The number of phenolic OH excluding ortho intramolecular Hbond substituents is 1. The minimum atomic E-state index is -0.389. The molecule has 0 heterocycles. The van der Waals surface area contributed by atoms with Gasteiger partial charge in [-0.15, -0.1) is 31.2 Å². The zero-order valence-electron chi connectivity index (χ0n) is 11.8. The molecule has 0 unspecified atom stereocenters. The number of benzene rings is 1. The molecule has 0 bridgehead atoms. The van der Waals surface area contributed by atoms with Gasteiger partial charge in [0.1, 0.15) is 11.6 Å². The summed E-state index contributed by atoms with van der Waals surface area (Å²) >= 11 is 0. The van der Waals surface area contributed by atoms with E-state index in [9.17, 15) is 4.39 Å². The van der Waals surface area contributed by atoms with Crippen LogP contribution >= 0.6 is 24.8 Å². The van der Waals surface area contributed by atoms with Crippen LogP contribution in [0.5, 0.6) is 5.75 Å². The maximum absolute atomic E-state index is 12.8. The molecule has 1 aliphatic rings. The predicted octanol–water partition coefficient (Wildman–Crippen LogP) is 4.98. The molecular weight excluding hydrogens is 334 g/mol. The Morgan fingerprint density at radius 3 is 2.05 bits per heavy atom. The van der Waals surface area contributed by atoms with Crippen molar-refractivity contribution in [1.82, 2.24) is 0 Å². The standard InChI is InChI=1S/C10H13FO.C5H5.2ClH.Ti/c1-10(2,3)7-4-8(11)6-9(12)5-7;1-2-4-5-3-1;;;/h4-6,12H,1-3H3;1-3H,4H2;2*1H;/q;-1;;;. The maximum atomic E-state index is 12.8. The molecule has 1 aliphatic carbocycles. The molecule has 0 spiro atoms. The zero-order chi connectivity index (χ0) is 12.9. The van der Waals surface area contributed by atoms with Crippen LogP contribution in [0, 0.1) is 11.9 Å². The largest absolute Gasteiger partial charge is 0.508 e. The predicted molar refractivity (Wildman–Crippen MR) is 82.8 cm³/mol. The van der Waals surface area contributed by atoms with E-state index in [1.165, 1.54) is 6.07 Å². The Balaban J connectivity index is -0.000000312. The van der Waals surface area contributed by atoms with Gasteiger partial charge in [0, 0.05) is 27.8 Å². The molecule has 0 amide bonds. The first kappa shape index (κ1) is 24.7. The van der Waals surface area contributed by atoms with E-state index in [1.807, 2.05) is 32.9 Å². The molecule has 1 aromatic rings. The summed E-state index contributed by atoms with van der Waals surface area (Å²) in [6.07, 6.45) is 10.0. The number of phenols is 1. The van der Waals surface area contributed by atoms with E-state index < -0.39 is 0 Å². The first-order valence-electron chi connectivity index (χ1n) is 5.61. The molecule has 2 rings (SSSR count). The van der Waals surface area contributed by atoms with Crippen LogP contribution in [0.3, 0.4) is 0 Å². The van der Waals surface area contributed by atoms with E-state index in [4.69, 9.17) is 5.11 Å². The molecule has 1 aromatic carbocycles. The van der Waals surface area contributed by atoms with Crippen LogP contribution in [-0.2, 0) is 27.1 Å². The van der Waals surface area contributed by atoms with Gasteiger partial charge in [0.05, 0.1) is 0 Å². The molecular formula is C15H20Cl2FOTi-. The average molecular weight is 354 g/mol. The molecule has 20 heavy (non-hydrogen) atoms. The van der Waals surface area contributed by atoms with Crippen LogP contribution in [0.15, 0.2) is 36.4 Å². The number of rotatable bonds is 0. The van der Waals surface area contributed by atoms with Crippen molar-refractivity contribution < 1.29 is 31.2 Å². The SMILES string of the molecule is CC(C)(C)c1cc(O)cc(F)c1.Cl.Cl.[C-]1=CC=CC1.[Ti]. The summed E-state index contributed by atoms with van der Waals surface area (Å²) in [4.78, 5) is 0. The third-order valence-corrected chi connectivity index (χ3v) is 2.33. The molecule has 1 N–H and O–H groups in total. The first-order valence-corrected chi connectivity index (χ1v) is 5.61. The number of allylic oxidation sites excluding steroid dienone is 4. The van der Waals surface area contributed by atoms with Crippen molar-refractivity contribution in [2.45, 2.75) is 32.6 Å². The van der Waals surface area contributed by atoms with Crippen molar-refractivity contribution in [3.63, 3.8) is 0 Å². The fourth-order valence-electron chi connectivity index (χ4n) is 1.35. The second-order valence-corrected chi connectivity index (χ2v) is 4.95. The summed E-state index contributed by atoms with van der Waals surface area (Å²) in [6, 6.07) is 4.14. The summed E-state index contributed by atoms with van der Waals surface area (Å²) in [7, 11) is 0. The van der Waals surface area contributed by atoms with Crippen LogP contribution in [0.4, 0.5) is 4.39 Å². The van der Waals surface area contributed by atoms with Crippen LogP contribution in [0.25, 0.3) is 0 Å². The Morgan fingerprint density at radius 1 is 1.15 bits per heavy atom. The van der Waals surface area contributed by atoms with Crippen molar-refractivity contribution in [2.24, 2.45) is 0 Å². The Bertz CT molecular complexity index is 410. The van der Waals surface area contributed by atoms with E-state index in [-0.39, 0.29) is 63.5 Å². The molecule has 5 heteroatoms. The third-order valence-electron chi connectivity index (χ3n) is 2.33. The van der Waals surface area contributed by atoms with Crippen molar-refractivity contribution >= 4 is 24.8 Å². The van der Waals surface area contributed by atoms with Gasteiger partial charge in [0.25, 0.3) is 0 Å². The molecule has 0 fully saturated rings. The Hall–Kier alpha value is -0.276. The second-order valence-electron chi connectivity index (χ2n) is 4.95. The zero-order valence-corrected chi connectivity index (χ0v) is 15.0.